The fourth-order valence-electron chi connectivity index (χ4n) is 4.45. The number of hydrogen-bond donors (Lipinski definition) is 2. The summed E-state index contributed by atoms with van der Waals surface area (Å²) in [5.41, 5.74) is 4.10. The highest BCUT2D eigenvalue weighted by Gasteiger charge is 2.22. The van der Waals surface area contributed by atoms with Gasteiger partial charge >= 0.3 is 5.97 Å². The molecule has 4 heterocycles. The van der Waals surface area contributed by atoms with Crippen molar-refractivity contribution in [2.75, 3.05) is 37.1 Å². The van der Waals surface area contributed by atoms with Gasteiger partial charge < -0.3 is 24.8 Å². The third-order valence-corrected chi connectivity index (χ3v) is 7.21. The Morgan fingerprint density at radius 2 is 2.06 bits per heavy atom. The molecule has 2 aliphatic heterocycles. The third-order valence-electron chi connectivity index (χ3n) is 6.25. The zero-order chi connectivity index (χ0) is 23.5. The lowest BCUT2D eigenvalue weighted by molar-refractivity contribution is -0.137. The van der Waals surface area contributed by atoms with Gasteiger partial charge in [0.2, 0.25) is 6.79 Å². The molecule has 2 aromatic heterocycles. The number of benzene rings is 1. The number of ether oxygens (including phenoxy) is 2. The minimum atomic E-state index is -0.823. The van der Waals surface area contributed by atoms with E-state index in [1.54, 1.807) is 11.3 Å². The second kappa shape index (κ2) is 9.89. The van der Waals surface area contributed by atoms with Crippen LogP contribution >= 0.6 is 11.3 Å². The van der Waals surface area contributed by atoms with Crippen molar-refractivity contribution >= 4 is 28.8 Å². The molecule has 0 amide bonds. The summed E-state index contributed by atoms with van der Waals surface area (Å²) in [6, 6.07) is 9.91. The van der Waals surface area contributed by atoms with E-state index in [2.05, 4.69) is 29.4 Å². The van der Waals surface area contributed by atoms with Crippen LogP contribution in [0.15, 0.2) is 35.7 Å². The molecule has 34 heavy (non-hydrogen) atoms. The van der Waals surface area contributed by atoms with Crippen LogP contribution in [0, 0.1) is 0 Å². The summed E-state index contributed by atoms with van der Waals surface area (Å²) < 4.78 is 10.8. The van der Waals surface area contributed by atoms with Crippen LogP contribution in [0.2, 0.25) is 0 Å². The topological polar surface area (TPSA) is 96.8 Å². The number of aryl methyl sites for hydroxylation is 2. The van der Waals surface area contributed by atoms with Crippen LogP contribution in [0.4, 0.5) is 11.5 Å². The Labute approximate surface area is 202 Å². The normalized spacial score (nSPS) is 15.0. The lowest BCUT2D eigenvalue weighted by atomic mass is 9.91. The lowest BCUT2D eigenvalue weighted by Gasteiger charge is -2.27. The van der Waals surface area contributed by atoms with Crippen molar-refractivity contribution in [1.29, 1.82) is 0 Å². The zero-order valence-corrected chi connectivity index (χ0v) is 19.9. The molecule has 0 unspecified atom stereocenters. The van der Waals surface area contributed by atoms with E-state index in [-0.39, 0.29) is 19.1 Å². The Morgan fingerprint density at radius 1 is 1.18 bits per heavy atom. The summed E-state index contributed by atoms with van der Waals surface area (Å²) in [7, 11) is 2.09. The quantitative estimate of drug-likeness (QED) is 0.472. The third kappa shape index (κ3) is 5.09. The number of carboxylic acids is 1. The van der Waals surface area contributed by atoms with Crippen molar-refractivity contribution in [2.45, 2.75) is 38.0 Å². The van der Waals surface area contributed by atoms with Crippen molar-refractivity contribution in [2.24, 2.45) is 0 Å². The molecule has 0 fully saturated rings. The maximum Gasteiger partial charge on any atom is 0.303 e. The van der Waals surface area contributed by atoms with E-state index in [9.17, 15) is 9.90 Å². The first-order valence-electron chi connectivity index (χ1n) is 11.5. The van der Waals surface area contributed by atoms with Crippen LogP contribution in [0.25, 0.3) is 0 Å². The molecule has 9 heteroatoms. The van der Waals surface area contributed by atoms with Crippen molar-refractivity contribution in [1.82, 2.24) is 9.97 Å². The number of carboxylic acid groups (broad SMARTS) is 1. The minimum Gasteiger partial charge on any atom is -0.481 e. The number of aliphatic carboxylic acids is 1. The van der Waals surface area contributed by atoms with Crippen LogP contribution in [0.1, 0.15) is 40.7 Å². The highest BCUT2D eigenvalue weighted by atomic mass is 32.1. The van der Waals surface area contributed by atoms with Crippen molar-refractivity contribution < 1.29 is 19.4 Å². The van der Waals surface area contributed by atoms with E-state index in [0.717, 1.165) is 65.8 Å². The molecule has 178 valence electrons. The highest BCUT2D eigenvalue weighted by molar-refractivity contribution is 7.09. The summed E-state index contributed by atoms with van der Waals surface area (Å²) in [4.78, 5) is 23.3. The van der Waals surface area contributed by atoms with Gasteiger partial charge in [0.1, 0.15) is 5.82 Å². The number of carbonyl (C=O) groups is 1. The predicted octanol–water partition coefficient (Wildman–Crippen LogP) is 4.10. The maximum absolute atomic E-state index is 11.5. The summed E-state index contributed by atoms with van der Waals surface area (Å²) >= 11 is 1.64. The molecule has 0 spiro atoms. The van der Waals surface area contributed by atoms with E-state index >= 15 is 0 Å². The molecule has 0 aliphatic carbocycles. The number of pyridine rings is 1. The fourth-order valence-corrected chi connectivity index (χ4v) is 5.30. The highest BCUT2D eigenvalue weighted by Crippen LogP contribution is 2.36. The number of nitrogens with zero attached hydrogens (tertiary/aromatic N) is 3. The number of anilines is 2. The molecule has 0 radical (unpaired) electrons. The molecule has 3 aromatic rings. The molecule has 2 aliphatic rings. The monoisotopic (exact) mass is 480 g/mol. The number of aromatic nitrogens is 2. The van der Waals surface area contributed by atoms with Gasteiger partial charge in [-0.1, -0.05) is 6.07 Å². The summed E-state index contributed by atoms with van der Waals surface area (Å²) in [6.45, 7) is 2.10. The summed E-state index contributed by atoms with van der Waals surface area (Å²) in [5, 5.41) is 16.0. The van der Waals surface area contributed by atoms with Gasteiger partial charge in [0, 0.05) is 37.1 Å². The second-order valence-electron chi connectivity index (χ2n) is 8.72. The van der Waals surface area contributed by atoms with Crippen molar-refractivity contribution in [3.8, 4) is 11.5 Å². The van der Waals surface area contributed by atoms with Gasteiger partial charge in [0.25, 0.3) is 0 Å². The number of nitrogens with one attached hydrogen (secondary N) is 1. The van der Waals surface area contributed by atoms with E-state index in [1.807, 2.05) is 23.6 Å². The number of hydrogen-bond acceptors (Lipinski definition) is 8. The molecule has 2 N–H and O–H groups in total. The molecular formula is C25H28N4O4S. The average Bonchev–Trinajstić information content (AvgIpc) is 3.47. The van der Waals surface area contributed by atoms with Crippen LogP contribution in [0.5, 0.6) is 11.5 Å². The molecule has 1 atom stereocenters. The Morgan fingerprint density at radius 3 is 2.94 bits per heavy atom. The first-order valence-corrected chi connectivity index (χ1v) is 12.4. The van der Waals surface area contributed by atoms with Crippen LogP contribution < -0.4 is 19.7 Å². The van der Waals surface area contributed by atoms with E-state index in [4.69, 9.17) is 19.4 Å². The van der Waals surface area contributed by atoms with E-state index in [0.29, 0.717) is 17.9 Å². The zero-order valence-electron chi connectivity index (χ0n) is 19.1. The Hall–Kier alpha value is -3.33. The molecule has 0 saturated heterocycles. The molecule has 0 saturated carbocycles. The van der Waals surface area contributed by atoms with Crippen molar-refractivity contribution in [3.63, 3.8) is 0 Å². The van der Waals surface area contributed by atoms with Crippen LogP contribution in [-0.2, 0) is 24.1 Å². The number of likely N-dealkylation sites (N-methyl/N-ethyl adjacent to an activating group) is 1. The Bertz CT molecular complexity index is 1180. The largest absolute Gasteiger partial charge is 0.481 e. The molecule has 8 nitrogen and oxygen atoms in total. The van der Waals surface area contributed by atoms with Gasteiger partial charge in [-0.05, 0) is 55.5 Å². The summed E-state index contributed by atoms with van der Waals surface area (Å²) in [6.07, 6.45) is 3.36. The predicted molar refractivity (Wildman–Crippen MR) is 131 cm³/mol. The summed E-state index contributed by atoms with van der Waals surface area (Å²) in [5.74, 6) is 1.34. The number of rotatable bonds is 9. The lowest BCUT2D eigenvalue weighted by Crippen LogP contribution is -2.31. The molecule has 1 aromatic carbocycles. The van der Waals surface area contributed by atoms with Gasteiger partial charge in [-0.2, -0.15) is 0 Å². The first kappa shape index (κ1) is 22.5. The number of fused-ring (bicyclic) bond motifs is 2. The Balaban J connectivity index is 1.19. The second-order valence-corrected chi connectivity index (χ2v) is 9.66. The molecule has 0 bridgehead atoms. The smallest absolute Gasteiger partial charge is 0.303 e. The van der Waals surface area contributed by atoms with Gasteiger partial charge in [-0.3, -0.25) is 4.79 Å². The fraction of sp³-hybridized carbons (Fsp3) is 0.400. The van der Waals surface area contributed by atoms with E-state index in [1.165, 1.54) is 0 Å². The first-order chi connectivity index (χ1) is 16.5. The van der Waals surface area contributed by atoms with Gasteiger partial charge in [0.15, 0.2) is 11.5 Å². The SMILES string of the molecule is CN1CCNc2nc(CCCc3nc(C[C@@H](CC(=O)O)c4ccc5c(c4)OCO5)cs3)ccc21. The minimum absolute atomic E-state index is 0.0414. The van der Waals surface area contributed by atoms with E-state index < -0.39 is 5.97 Å². The molecular weight excluding hydrogens is 452 g/mol. The number of thiazole rings is 1. The Kier molecular flexibility index (Phi) is 6.53. The van der Waals surface area contributed by atoms with Crippen LogP contribution in [-0.4, -0.2) is 48.0 Å². The van der Waals surface area contributed by atoms with Gasteiger partial charge in [0.05, 0.1) is 22.8 Å². The van der Waals surface area contributed by atoms with Crippen molar-refractivity contribution in [3.05, 3.63) is 57.7 Å². The van der Waals surface area contributed by atoms with Crippen LogP contribution in [0.3, 0.4) is 0 Å². The average molecular weight is 481 g/mol. The standard InChI is InChI=1S/C25H28N4O4S/c1-29-10-9-26-25-20(29)7-6-18(28-25)3-2-4-23-27-19(14-34-23)11-17(13-24(30)31)16-5-8-21-22(12-16)33-15-32-21/h5-8,12,14,17H,2-4,9-11,13,15H2,1H3,(H,26,28)(H,30,31)/t17-/m0/s1. The maximum atomic E-state index is 11.5. The molecule has 5 rings (SSSR count). The van der Waals surface area contributed by atoms with Gasteiger partial charge in [-0.15, -0.1) is 11.3 Å². The van der Waals surface area contributed by atoms with Gasteiger partial charge in [-0.25, -0.2) is 9.97 Å².